The highest BCUT2D eigenvalue weighted by molar-refractivity contribution is 5.95. The van der Waals surface area contributed by atoms with E-state index in [1.165, 1.54) is 24.2 Å². The SMILES string of the molecule is CCCCC(CC)COc1ccc(C(=O)N(C)C)cc1N. The zero-order valence-corrected chi connectivity index (χ0v) is 13.7. The minimum atomic E-state index is -0.0531. The van der Waals surface area contributed by atoms with E-state index in [-0.39, 0.29) is 5.91 Å². The molecule has 0 saturated heterocycles. The lowest BCUT2D eigenvalue weighted by atomic mass is 10.0. The van der Waals surface area contributed by atoms with Gasteiger partial charge in [0, 0.05) is 19.7 Å². The molecule has 1 rings (SSSR count). The number of anilines is 1. The fourth-order valence-corrected chi connectivity index (χ4v) is 2.18. The highest BCUT2D eigenvalue weighted by atomic mass is 16.5. The Kier molecular flexibility index (Phi) is 7.06. The lowest BCUT2D eigenvalue weighted by molar-refractivity contribution is 0.0827. The zero-order valence-electron chi connectivity index (χ0n) is 13.7. The van der Waals surface area contributed by atoms with E-state index in [4.69, 9.17) is 10.5 Å². The van der Waals surface area contributed by atoms with Gasteiger partial charge in [-0.1, -0.05) is 33.1 Å². The Bertz CT molecular complexity index is 458. The smallest absolute Gasteiger partial charge is 0.253 e. The number of hydrogen-bond acceptors (Lipinski definition) is 3. The van der Waals surface area contributed by atoms with Crippen molar-refractivity contribution in [3.63, 3.8) is 0 Å². The highest BCUT2D eigenvalue weighted by Crippen LogP contribution is 2.24. The van der Waals surface area contributed by atoms with Gasteiger partial charge in [-0.3, -0.25) is 4.79 Å². The number of amides is 1. The molecule has 0 spiro atoms. The zero-order chi connectivity index (χ0) is 15.8. The van der Waals surface area contributed by atoms with Crippen molar-refractivity contribution in [2.24, 2.45) is 5.92 Å². The fourth-order valence-electron chi connectivity index (χ4n) is 2.18. The van der Waals surface area contributed by atoms with E-state index in [1.54, 1.807) is 32.3 Å². The molecule has 0 aromatic heterocycles. The van der Waals surface area contributed by atoms with Crippen molar-refractivity contribution in [2.45, 2.75) is 39.5 Å². The van der Waals surface area contributed by atoms with Crippen LogP contribution in [0, 0.1) is 5.92 Å². The summed E-state index contributed by atoms with van der Waals surface area (Å²) in [7, 11) is 3.45. The number of benzene rings is 1. The number of nitrogen functional groups attached to an aromatic ring is 1. The molecule has 4 heteroatoms. The summed E-state index contributed by atoms with van der Waals surface area (Å²) in [5.74, 6) is 1.18. The fraction of sp³-hybridized carbons (Fsp3) is 0.588. The van der Waals surface area contributed by atoms with Gasteiger partial charge in [0.25, 0.3) is 5.91 Å². The lowest BCUT2D eigenvalue weighted by Crippen LogP contribution is -2.21. The van der Waals surface area contributed by atoms with Gasteiger partial charge in [0.2, 0.25) is 0 Å². The van der Waals surface area contributed by atoms with E-state index in [9.17, 15) is 4.79 Å². The largest absolute Gasteiger partial charge is 0.491 e. The molecule has 0 aliphatic rings. The molecular formula is C17H28N2O2. The Morgan fingerprint density at radius 1 is 1.33 bits per heavy atom. The number of rotatable bonds is 8. The van der Waals surface area contributed by atoms with Gasteiger partial charge in [-0.25, -0.2) is 0 Å². The van der Waals surface area contributed by atoms with Crippen molar-refractivity contribution in [1.29, 1.82) is 0 Å². The van der Waals surface area contributed by atoms with Crippen LogP contribution in [0.2, 0.25) is 0 Å². The van der Waals surface area contributed by atoms with Crippen LogP contribution in [0.3, 0.4) is 0 Å². The number of carbonyl (C=O) groups excluding carboxylic acids is 1. The number of nitrogens with zero attached hydrogens (tertiary/aromatic N) is 1. The Morgan fingerprint density at radius 3 is 2.57 bits per heavy atom. The Labute approximate surface area is 128 Å². The molecule has 0 aliphatic heterocycles. The Morgan fingerprint density at radius 2 is 2.05 bits per heavy atom. The standard InChI is InChI=1S/C17H28N2O2/c1-5-7-8-13(6-2)12-21-16-10-9-14(11-15(16)18)17(20)19(3)4/h9-11,13H,5-8,12,18H2,1-4H3. The van der Waals surface area contributed by atoms with E-state index in [0.29, 0.717) is 29.5 Å². The van der Waals surface area contributed by atoms with Gasteiger partial charge in [-0.15, -0.1) is 0 Å². The van der Waals surface area contributed by atoms with Crippen molar-refractivity contribution in [2.75, 3.05) is 26.4 Å². The number of carbonyl (C=O) groups is 1. The Hall–Kier alpha value is -1.71. The first-order chi connectivity index (χ1) is 9.99. The van der Waals surface area contributed by atoms with Gasteiger partial charge < -0.3 is 15.4 Å². The van der Waals surface area contributed by atoms with E-state index in [1.807, 2.05) is 0 Å². The molecule has 0 saturated carbocycles. The van der Waals surface area contributed by atoms with Crippen molar-refractivity contribution >= 4 is 11.6 Å². The molecular weight excluding hydrogens is 264 g/mol. The first-order valence-corrected chi connectivity index (χ1v) is 7.73. The lowest BCUT2D eigenvalue weighted by Gasteiger charge is -2.17. The van der Waals surface area contributed by atoms with E-state index in [0.717, 1.165) is 6.42 Å². The molecule has 0 heterocycles. The van der Waals surface area contributed by atoms with Crippen molar-refractivity contribution < 1.29 is 9.53 Å². The maximum absolute atomic E-state index is 11.9. The first-order valence-electron chi connectivity index (χ1n) is 7.73. The van der Waals surface area contributed by atoms with E-state index in [2.05, 4.69) is 13.8 Å². The van der Waals surface area contributed by atoms with Gasteiger partial charge in [0.15, 0.2) is 0 Å². The highest BCUT2D eigenvalue weighted by Gasteiger charge is 2.12. The average molecular weight is 292 g/mol. The summed E-state index contributed by atoms with van der Waals surface area (Å²) in [5, 5.41) is 0. The number of hydrogen-bond donors (Lipinski definition) is 1. The number of unbranched alkanes of at least 4 members (excludes halogenated alkanes) is 1. The molecule has 1 unspecified atom stereocenters. The summed E-state index contributed by atoms with van der Waals surface area (Å²) in [6.07, 6.45) is 4.73. The van der Waals surface area contributed by atoms with E-state index >= 15 is 0 Å². The molecule has 1 atom stereocenters. The third-order valence-corrected chi connectivity index (χ3v) is 3.68. The minimum absolute atomic E-state index is 0.0531. The van der Waals surface area contributed by atoms with Gasteiger partial charge >= 0.3 is 0 Å². The third-order valence-electron chi connectivity index (χ3n) is 3.68. The topological polar surface area (TPSA) is 55.6 Å². The third kappa shape index (κ3) is 5.29. The van der Waals surface area contributed by atoms with Crippen LogP contribution in [0.25, 0.3) is 0 Å². The minimum Gasteiger partial charge on any atom is -0.491 e. The van der Waals surface area contributed by atoms with Crippen molar-refractivity contribution in [3.05, 3.63) is 23.8 Å². The molecule has 0 fully saturated rings. The predicted octanol–water partition coefficient (Wildman–Crippen LogP) is 3.57. The van der Waals surface area contributed by atoms with Crippen LogP contribution >= 0.6 is 0 Å². The molecule has 1 amide bonds. The van der Waals surface area contributed by atoms with Gasteiger partial charge in [0.1, 0.15) is 5.75 Å². The summed E-state index contributed by atoms with van der Waals surface area (Å²) in [6.45, 7) is 5.07. The molecule has 4 nitrogen and oxygen atoms in total. The van der Waals surface area contributed by atoms with Crippen LogP contribution in [0.1, 0.15) is 49.9 Å². The Balaban J connectivity index is 2.66. The molecule has 21 heavy (non-hydrogen) atoms. The van der Waals surface area contributed by atoms with Gasteiger partial charge in [-0.2, -0.15) is 0 Å². The normalized spacial score (nSPS) is 12.0. The molecule has 118 valence electrons. The van der Waals surface area contributed by atoms with Gasteiger partial charge in [-0.05, 0) is 30.5 Å². The van der Waals surface area contributed by atoms with Crippen LogP contribution < -0.4 is 10.5 Å². The quantitative estimate of drug-likeness (QED) is 0.745. The summed E-state index contributed by atoms with van der Waals surface area (Å²) in [6, 6.07) is 5.24. The van der Waals surface area contributed by atoms with Crippen molar-refractivity contribution in [3.8, 4) is 5.75 Å². The summed E-state index contributed by atoms with van der Waals surface area (Å²) in [4.78, 5) is 13.4. The van der Waals surface area contributed by atoms with Crippen LogP contribution in [0.4, 0.5) is 5.69 Å². The molecule has 1 aromatic carbocycles. The average Bonchev–Trinajstić information content (AvgIpc) is 2.47. The second-order valence-corrected chi connectivity index (χ2v) is 5.68. The summed E-state index contributed by atoms with van der Waals surface area (Å²) >= 11 is 0. The summed E-state index contributed by atoms with van der Waals surface area (Å²) in [5.41, 5.74) is 7.10. The second kappa shape index (κ2) is 8.55. The second-order valence-electron chi connectivity index (χ2n) is 5.68. The first kappa shape index (κ1) is 17.3. The molecule has 2 N–H and O–H groups in total. The molecule has 0 bridgehead atoms. The van der Waals surface area contributed by atoms with Crippen LogP contribution in [0.5, 0.6) is 5.75 Å². The predicted molar refractivity (Wildman–Crippen MR) is 87.7 cm³/mol. The van der Waals surface area contributed by atoms with Crippen LogP contribution in [-0.4, -0.2) is 31.5 Å². The maximum atomic E-state index is 11.9. The van der Waals surface area contributed by atoms with Crippen molar-refractivity contribution in [1.82, 2.24) is 4.90 Å². The molecule has 1 aromatic rings. The van der Waals surface area contributed by atoms with Gasteiger partial charge in [0.05, 0.1) is 12.3 Å². The number of nitrogens with two attached hydrogens (primary N) is 1. The van der Waals surface area contributed by atoms with Crippen LogP contribution in [-0.2, 0) is 0 Å². The maximum Gasteiger partial charge on any atom is 0.253 e. The monoisotopic (exact) mass is 292 g/mol. The van der Waals surface area contributed by atoms with E-state index < -0.39 is 0 Å². The number of ether oxygens (including phenoxy) is 1. The summed E-state index contributed by atoms with van der Waals surface area (Å²) < 4.78 is 5.83. The molecule has 0 radical (unpaired) electrons. The molecule has 0 aliphatic carbocycles. The van der Waals surface area contributed by atoms with Crippen LogP contribution in [0.15, 0.2) is 18.2 Å².